The van der Waals surface area contributed by atoms with Crippen molar-refractivity contribution < 1.29 is 4.79 Å². The van der Waals surface area contributed by atoms with E-state index in [-0.39, 0.29) is 0 Å². The zero-order valence-electron chi connectivity index (χ0n) is 20.3. The van der Waals surface area contributed by atoms with E-state index >= 15 is 0 Å². The fourth-order valence-corrected chi connectivity index (χ4v) is 5.29. The van der Waals surface area contributed by atoms with Crippen LogP contribution < -0.4 is 15.9 Å². The highest BCUT2D eigenvalue weighted by atomic mass is 31.1. The fourth-order valence-electron chi connectivity index (χ4n) is 2.99. The van der Waals surface area contributed by atoms with Crippen LogP contribution in [0.25, 0.3) is 0 Å². The van der Waals surface area contributed by atoms with Gasteiger partial charge < -0.3 is 0 Å². The molecule has 0 saturated heterocycles. The van der Waals surface area contributed by atoms with Crippen LogP contribution in [0.15, 0.2) is 151 Å². The Labute approximate surface area is 206 Å². The van der Waals surface area contributed by atoms with E-state index < -0.39 is 7.92 Å². The fraction of sp³-hybridized carbons (Fsp3) is 0.0938. The van der Waals surface area contributed by atoms with Crippen molar-refractivity contribution in [2.45, 2.75) is 20.8 Å². The molecule has 0 heterocycles. The zero-order valence-corrected chi connectivity index (χ0v) is 21.2. The molecule has 0 aliphatic rings. The van der Waals surface area contributed by atoms with E-state index in [1.807, 2.05) is 44.2 Å². The molecule has 0 bridgehead atoms. The molecule has 3 aromatic rings. The molecule has 34 heavy (non-hydrogen) atoms. The third-order valence-electron chi connectivity index (χ3n) is 4.69. The molecular weight excluding hydrogens is 431 g/mol. The molecule has 0 amide bonds. The highest BCUT2D eigenvalue weighted by molar-refractivity contribution is 7.79. The van der Waals surface area contributed by atoms with Gasteiger partial charge in [0.15, 0.2) is 0 Å². The van der Waals surface area contributed by atoms with Crippen LogP contribution in [0.4, 0.5) is 0 Å². The predicted molar refractivity (Wildman–Crippen MR) is 152 cm³/mol. The first-order valence-corrected chi connectivity index (χ1v) is 12.6. The number of aldehydes is 1. The van der Waals surface area contributed by atoms with Crippen LogP contribution in [0, 0.1) is 0 Å². The topological polar surface area (TPSA) is 17.1 Å². The molecule has 0 N–H and O–H groups in total. The van der Waals surface area contributed by atoms with Gasteiger partial charge in [-0.2, -0.15) is 0 Å². The van der Waals surface area contributed by atoms with Gasteiger partial charge in [0.25, 0.3) is 0 Å². The first-order valence-electron chi connectivity index (χ1n) is 11.3. The maximum Gasteiger partial charge on any atom is 0.145 e. The number of hydrogen-bond donors (Lipinski definition) is 0. The Balaban J connectivity index is 0.000000249. The van der Waals surface area contributed by atoms with Gasteiger partial charge in [0, 0.05) is 0 Å². The number of carbonyl (C=O) groups is 1. The van der Waals surface area contributed by atoms with Crippen molar-refractivity contribution in [3.05, 3.63) is 151 Å². The molecule has 0 radical (unpaired) electrons. The van der Waals surface area contributed by atoms with Gasteiger partial charge >= 0.3 is 0 Å². The SMILES string of the molecule is C=C(C)C=CC=C(C)C=CC=C(C)C=O.c1ccc(P(c2ccccc2)c2ccccc2)cc1. The number of hydrogen-bond acceptors (Lipinski definition) is 1. The molecule has 0 aliphatic carbocycles. The smallest absolute Gasteiger partial charge is 0.145 e. The summed E-state index contributed by atoms with van der Waals surface area (Å²) in [7, 11) is -0.446. The maximum atomic E-state index is 10.3. The van der Waals surface area contributed by atoms with Gasteiger partial charge in [0.1, 0.15) is 6.29 Å². The molecule has 1 nitrogen and oxygen atoms in total. The summed E-state index contributed by atoms with van der Waals surface area (Å²) in [6.07, 6.45) is 12.3. The zero-order chi connectivity index (χ0) is 24.6. The van der Waals surface area contributed by atoms with E-state index in [4.69, 9.17) is 0 Å². The van der Waals surface area contributed by atoms with E-state index in [2.05, 4.69) is 97.6 Å². The van der Waals surface area contributed by atoms with E-state index in [1.54, 1.807) is 13.0 Å². The second-order valence-corrected chi connectivity index (χ2v) is 10.1. The lowest BCUT2D eigenvalue weighted by Crippen LogP contribution is -2.20. The second kappa shape index (κ2) is 15.3. The molecule has 0 spiro atoms. The predicted octanol–water partition coefficient (Wildman–Crippen LogP) is 7.21. The van der Waals surface area contributed by atoms with Crippen molar-refractivity contribution in [2.24, 2.45) is 0 Å². The third-order valence-corrected chi connectivity index (χ3v) is 7.13. The van der Waals surface area contributed by atoms with Crippen LogP contribution in [0.5, 0.6) is 0 Å². The first kappa shape index (κ1) is 26.7. The summed E-state index contributed by atoms with van der Waals surface area (Å²) < 4.78 is 0. The quantitative estimate of drug-likeness (QED) is 0.149. The minimum atomic E-state index is -0.446. The van der Waals surface area contributed by atoms with Gasteiger partial charge in [-0.15, -0.1) is 0 Å². The van der Waals surface area contributed by atoms with Crippen LogP contribution in [0.1, 0.15) is 20.8 Å². The Bertz CT molecular complexity index is 1040. The molecule has 0 aliphatic heterocycles. The molecule has 2 heteroatoms. The van der Waals surface area contributed by atoms with Crippen LogP contribution in [0.2, 0.25) is 0 Å². The molecule has 0 atom stereocenters. The molecule has 172 valence electrons. The van der Waals surface area contributed by atoms with Gasteiger partial charge in [-0.1, -0.05) is 145 Å². The van der Waals surface area contributed by atoms with Crippen molar-refractivity contribution in [3.63, 3.8) is 0 Å². The van der Waals surface area contributed by atoms with Gasteiger partial charge in [0.05, 0.1) is 0 Å². The Hall–Kier alpha value is -3.54. The van der Waals surface area contributed by atoms with Crippen molar-refractivity contribution in [1.29, 1.82) is 0 Å². The molecule has 0 saturated carbocycles. The summed E-state index contributed by atoms with van der Waals surface area (Å²) in [5, 5.41) is 4.19. The highest BCUT2D eigenvalue weighted by Gasteiger charge is 2.14. The number of allylic oxidation sites excluding steroid dienone is 9. The molecule has 0 aromatic heterocycles. The maximum absolute atomic E-state index is 10.3. The molecular formula is C32H33OP. The average molecular weight is 465 g/mol. The summed E-state index contributed by atoms with van der Waals surface area (Å²) in [6.45, 7) is 9.49. The molecule has 3 rings (SSSR count). The van der Waals surface area contributed by atoms with E-state index in [0.29, 0.717) is 0 Å². The van der Waals surface area contributed by atoms with Gasteiger partial charge in [-0.25, -0.2) is 0 Å². The second-order valence-electron chi connectivity index (χ2n) is 7.85. The average Bonchev–Trinajstić information content (AvgIpc) is 2.86. The van der Waals surface area contributed by atoms with Gasteiger partial charge in [0.2, 0.25) is 0 Å². The summed E-state index contributed by atoms with van der Waals surface area (Å²) in [5.41, 5.74) is 2.87. The third kappa shape index (κ3) is 9.94. The lowest BCUT2D eigenvalue weighted by molar-refractivity contribution is -0.104. The van der Waals surface area contributed by atoms with Crippen molar-refractivity contribution in [2.75, 3.05) is 0 Å². The minimum Gasteiger partial charge on any atom is -0.298 e. The minimum absolute atomic E-state index is 0.446. The Kier molecular flexibility index (Phi) is 12.0. The van der Waals surface area contributed by atoms with Gasteiger partial charge in [-0.3, -0.25) is 4.79 Å². The Morgan fingerprint density at radius 1 is 0.618 bits per heavy atom. The lowest BCUT2D eigenvalue weighted by Gasteiger charge is -2.18. The van der Waals surface area contributed by atoms with E-state index in [1.165, 1.54) is 15.9 Å². The first-order chi connectivity index (χ1) is 16.5. The van der Waals surface area contributed by atoms with E-state index in [9.17, 15) is 4.79 Å². The van der Waals surface area contributed by atoms with Crippen molar-refractivity contribution in [3.8, 4) is 0 Å². The molecule has 0 fully saturated rings. The largest absolute Gasteiger partial charge is 0.298 e. The standard InChI is InChI=1S/C18H15P.C14H18O/c1-4-10-16(11-5-1)19(17-12-6-2-7-13-17)18-14-8-3-9-15-18;1-12(2)7-5-8-13(3)9-6-10-14(4)11-15/h1-15H;5-11H,1H2,2-4H3. The monoisotopic (exact) mass is 464 g/mol. The number of carbonyl (C=O) groups excluding carboxylic acids is 1. The van der Waals surface area contributed by atoms with E-state index in [0.717, 1.165) is 23.0 Å². The van der Waals surface area contributed by atoms with Crippen LogP contribution in [-0.4, -0.2) is 6.29 Å². The normalized spacial score (nSPS) is 12.0. The Morgan fingerprint density at radius 2 is 1.00 bits per heavy atom. The number of benzene rings is 3. The Morgan fingerprint density at radius 3 is 1.38 bits per heavy atom. The van der Waals surface area contributed by atoms with Crippen LogP contribution in [-0.2, 0) is 4.79 Å². The van der Waals surface area contributed by atoms with Crippen molar-refractivity contribution in [1.82, 2.24) is 0 Å². The number of rotatable bonds is 8. The summed E-state index contributed by atoms with van der Waals surface area (Å²) in [4.78, 5) is 10.3. The summed E-state index contributed by atoms with van der Waals surface area (Å²) in [6, 6.07) is 32.3. The molecule has 3 aromatic carbocycles. The van der Waals surface area contributed by atoms with Gasteiger partial charge in [-0.05, 0) is 50.2 Å². The van der Waals surface area contributed by atoms with Crippen molar-refractivity contribution >= 4 is 30.1 Å². The molecule has 0 unspecified atom stereocenters. The van der Waals surface area contributed by atoms with Crippen LogP contribution in [0.3, 0.4) is 0 Å². The lowest BCUT2D eigenvalue weighted by atomic mass is 10.2. The van der Waals surface area contributed by atoms with Crippen LogP contribution >= 0.6 is 7.92 Å². The highest BCUT2D eigenvalue weighted by Crippen LogP contribution is 2.32. The summed E-state index contributed by atoms with van der Waals surface area (Å²) >= 11 is 0. The summed E-state index contributed by atoms with van der Waals surface area (Å²) in [5.74, 6) is 0.